The molecule has 1 aliphatic carbocycles. The zero-order chi connectivity index (χ0) is 42.4. The number of fused-ring (bicyclic) bond motifs is 1. The van der Waals surface area contributed by atoms with Crippen LogP contribution in [0.25, 0.3) is 0 Å². The number of hydrogen-bond acceptors (Lipinski definition) is 10. The van der Waals surface area contributed by atoms with Gasteiger partial charge in [-0.15, -0.1) is 0 Å². The molecule has 326 valence electrons. The Morgan fingerprint density at radius 2 is 1.54 bits per heavy atom. The number of nitrogens with one attached hydrogen (secondary N) is 1. The maximum atomic E-state index is 15.0. The maximum absolute atomic E-state index is 15.0. The van der Waals surface area contributed by atoms with Crippen LogP contribution in [0.5, 0.6) is 5.75 Å². The fourth-order valence-electron chi connectivity index (χ4n) is 9.65. The first-order valence-electron chi connectivity index (χ1n) is 21.8. The van der Waals surface area contributed by atoms with Crippen LogP contribution in [-0.4, -0.2) is 95.8 Å². The summed E-state index contributed by atoms with van der Waals surface area (Å²) in [6.07, 6.45) is 2.34. The minimum Gasteiger partial charge on any atom is -0.490 e. The van der Waals surface area contributed by atoms with Crippen molar-refractivity contribution in [2.75, 3.05) is 71.7 Å². The number of rotatable bonds is 21. The Kier molecular flexibility index (Phi) is 15.4. The second kappa shape index (κ2) is 19.9. The van der Waals surface area contributed by atoms with Crippen molar-refractivity contribution in [2.45, 2.75) is 119 Å². The number of aryl methyl sites for hydroxylation is 1. The summed E-state index contributed by atoms with van der Waals surface area (Å²) in [5.41, 5.74) is 4.56. The minimum atomic E-state index is -4.05. The average Bonchev–Trinajstić information content (AvgIpc) is 3.98. The van der Waals surface area contributed by atoms with E-state index < -0.39 is 29.7 Å². The van der Waals surface area contributed by atoms with Crippen LogP contribution < -0.4 is 15.0 Å². The topological polar surface area (TPSA) is 105 Å². The van der Waals surface area contributed by atoms with Crippen LogP contribution in [0.4, 0.5) is 5.69 Å². The standard InChI is InChI=1S/C47H70N2O8SSi/c1-33(2)59(34(3)4,35(5)6)57-44-29-48-28-43(45(44)38-15-13-37(14-16-38)30-54-32-47(21-22-47)31-53-9)56-46(58(50,51)40-18-11-36(7)12-19-40)39-17-20-42-41(27-39)49(24-26-55-42)23-10-25-52-8/h11-20,27,33-35,43-46,48H,10,21-26,28-32H2,1-9H3/t43-,44+,45+,46?/m0/s1. The van der Waals surface area contributed by atoms with E-state index in [9.17, 15) is 0 Å². The van der Waals surface area contributed by atoms with Gasteiger partial charge in [0.2, 0.25) is 18.2 Å². The molecule has 0 amide bonds. The van der Waals surface area contributed by atoms with Crippen molar-refractivity contribution in [2.24, 2.45) is 5.41 Å². The predicted molar refractivity (Wildman–Crippen MR) is 238 cm³/mol. The smallest absolute Gasteiger partial charge is 0.209 e. The number of ether oxygens (including phenoxy) is 5. The van der Waals surface area contributed by atoms with Crippen LogP contribution in [0.2, 0.25) is 16.6 Å². The molecule has 59 heavy (non-hydrogen) atoms. The molecule has 3 aromatic rings. The van der Waals surface area contributed by atoms with Crippen molar-refractivity contribution in [1.82, 2.24) is 5.32 Å². The highest BCUT2D eigenvalue weighted by Crippen LogP contribution is 2.48. The van der Waals surface area contributed by atoms with Crippen molar-refractivity contribution in [3.8, 4) is 5.75 Å². The Labute approximate surface area is 355 Å². The van der Waals surface area contributed by atoms with Crippen molar-refractivity contribution in [3.05, 3.63) is 89.0 Å². The van der Waals surface area contributed by atoms with Gasteiger partial charge in [-0.3, -0.25) is 0 Å². The van der Waals surface area contributed by atoms with Gasteiger partial charge in [0.1, 0.15) is 12.4 Å². The summed E-state index contributed by atoms with van der Waals surface area (Å²) < 4.78 is 67.9. The minimum absolute atomic E-state index is 0.154. The highest BCUT2D eigenvalue weighted by Gasteiger charge is 2.50. The largest absolute Gasteiger partial charge is 0.490 e. The summed E-state index contributed by atoms with van der Waals surface area (Å²) in [6.45, 7) is 21.5. The number of anilines is 1. The lowest BCUT2D eigenvalue weighted by atomic mass is 9.85. The highest BCUT2D eigenvalue weighted by molar-refractivity contribution is 7.91. The third-order valence-electron chi connectivity index (χ3n) is 12.9. The number of sulfone groups is 1. The molecule has 2 aliphatic heterocycles. The van der Waals surface area contributed by atoms with Gasteiger partial charge in [0.05, 0.1) is 49.2 Å². The molecule has 3 aliphatic rings. The lowest BCUT2D eigenvalue weighted by Gasteiger charge is -2.49. The molecular formula is C47H70N2O8SSi. The van der Waals surface area contributed by atoms with Crippen LogP contribution >= 0.6 is 0 Å². The Hall–Kier alpha value is -2.81. The molecule has 0 spiro atoms. The van der Waals surface area contributed by atoms with Gasteiger partial charge < -0.3 is 38.3 Å². The van der Waals surface area contributed by atoms with Gasteiger partial charge in [0.15, 0.2) is 5.44 Å². The van der Waals surface area contributed by atoms with Crippen LogP contribution in [0.3, 0.4) is 0 Å². The van der Waals surface area contributed by atoms with Crippen molar-refractivity contribution >= 4 is 23.8 Å². The molecule has 0 aromatic heterocycles. The molecule has 4 atom stereocenters. The number of methoxy groups -OCH3 is 2. The first-order valence-corrected chi connectivity index (χ1v) is 25.4. The van der Waals surface area contributed by atoms with E-state index in [2.05, 4.69) is 76.0 Å². The zero-order valence-corrected chi connectivity index (χ0v) is 38.8. The van der Waals surface area contributed by atoms with Crippen LogP contribution in [0.15, 0.2) is 71.6 Å². The third kappa shape index (κ3) is 10.5. The monoisotopic (exact) mass is 850 g/mol. The van der Waals surface area contributed by atoms with E-state index in [1.165, 1.54) is 0 Å². The molecular weight excluding hydrogens is 781 g/mol. The summed E-state index contributed by atoms with van der Waals surface area (Å²) in [6, 6.07) is 21.4. The number of piperidine rings is 1. The molecule has 1 saturated carbocycles. The summed E-state index contributed by atoms with van der Waals surface area (Å²) >= 11 is 0. The number of nitrogens with zero attached hydrogens (tertiary/aromatic N) is 1. The molecule has 0 radical (unpaired) electrons. The summed E-state index contributed by atoms with van der Waals surface area (Å²) in [7, 11) is -2.96. The Morgan fingerprint density at radius 1 is 0.864 bits per heavy atom. The summed E-state index contributed by atoms with van der Waals surface area (Å²) in [5.74, 6) is 0.495. The molecule has 12 heteroatoms. The van der Waals surface area contributed by atoms with E-state index in [1.54, 1.807) is 26.4 Å². The molecule has 10 nitrogen and oxygen atoms in total. The van der Waals surface area contributed by atoms with Crippen LogP contribution in [-0.2, 0) is 39.8 Å². The first kappa shape index (κ1) is 45.7. The normalized spacial score (nSPS) is 21.2. The SMILES string of the molecule is COCCCN1CCOc2ccc(C(O[C@H]3CNC[C@@H](O[Si](C(C)C)(C(C)C)C(C)C)[C@@H]3c3ccc(COCC4(COC)CC4)cc3)S(=O)(=O)c3ccc(C)cc3)cc21. The van der Waals surface area contributed by atoms with Crippen LogP contribution in [0.1, 0.15) is 94.4 Å². The van der Waals surface area contributed by atoms with E-state index in [4.69, 9.17) is 28.1 Å². The van der Waals surface area contributed by atoms with Gasteiger partial charge in [0.25, 0.3) is 0 Å². The summed E-state index contributed by atoms with van der Waals surface area (Å²) in [4.78, 5) is 2.48. The second-order valence-corrected chi connectivity index (χ2v) is 25.5. The molecule has 1 saturated heterocycles. The average molecular weight is 851 g/mol. The first-order chi connectivity index (χ1) is 28.2. The van der Waals surface area contributed by atoms with E-state index in [-0.39, 0.29) is 22.3 Å². The number of hydrogen-bond donors (Lipinski definition) is 1. The molecule has 1 N–H and O–H groups in total. The van der Waals surface area contributed by atoms with Gasteiger partial charge in [-0.1, -0.05) is 89.6 Å². The fraction of sp³-hybridized carbons (Fsp3) is 0.617. The quantitative estimate of drug-likeness (QED) is 0.0826. The lowest BCUT2D eigenvalue weighted by Crippen LogP contribution is -2.58. The van der Waals surface area contributed by atoms with Crippen molar-refractivity contribution in [1.29, 1.82) is 0 Å². The van der Waals surface area contributed by atoms with Crippen LogP contribution in [0, 0.1) is 12.3 Å². The highest BCUT2D eigenvalue weighted by atomic mass is 32.2. The van der Waals surface area contributed by atoms with Crippen molar-refractivity contribution < 1.29 is 36.5 Å². The zero-order valence-electron chi connectivity index (χ0n) is 37.0. The van der Waals surface area contributed by atoms with E-state index in [0.29, 0.717) is 68.2 Å². The van der Waals surface area contributed by atoms with Gasteiger partial charge in [0, 0.05) is 51.8 Å². The van der Waals surface area contributed by atoms with Crippen molar-refractivity contribution in [3.63, 3.8) is 0 Å². The maximum Gasteiger partial charge on any atom is 0.209 e. The second-order valence-electron chi connectivity index (χ2n) is 18.1. The fourth-order valence-corrected chi connectivity index (χ4v) is 16.8. The molecule has 0 bridgehead atoms. The number of benzene rings is 3. The predicted octanol–water partition coefficient (Wildman–Crippen LogP) is 8.98. The molecule has 3 aromatic carbocycles. The van der Waals surface area contributed by atoms with Gasteiger partial charge in [-0.05, 0) is 83.8 Å². The Bertz CT molecular complexity index is 1880. The van der Waals surface area contributed by atoms with Gasteiger partial charge >= 0.3 is 0 Å². The van der Waals surface area contributed by atoms with E-state index in [0.717, 1.165) is 60.5 Å². The molecule has 6 rings (SSSR count). The van der Waals surface area contributed by atoms with Gasteiger partial charge in [-0.25, -0.2) is 8.42 Å². The van der Waals surface area contributed by atoms with E-state index >= 15 is 8.42 Å². The molecule has 1 unspecified atom stereocenters. The van der Waals surface area contributed by atoms with E-state index in [1.807, 2.05) is 37.3 Å². The Balaban J connectivity index is 1.39. The Morgan fingerprint density at radius 3 is 2.17 bits per heavy atom. The molecule has 2 heterocycles. The summed E-state index contributed by atoms with van der Waals surface area (Å²) in [5, 5.41) is 3.64. The molecule has 2 fully saturated rings. The van der Waals surface area contributed by atoms with Gasteiger partial charge in [-0.2, -0.15) is 0 Å². The third-order valence-corrected chi connectivity index (χ3v) is 20.9. The lowest BCUT2D eigenvalue weighted by molar-refractivity contribution is -0.0365.